The van der Waals surface area contributed by atoms with Crippen LogP contribution >= 0.6 is 0 Å². The van der Waals surface area contributed by atoms with E-state index in [2.05, 4.69) is 10.3 Å². The van der Waals surface area contributed by atoms with Crippen molar-refractivity contribution < 1.29 is 4.79 Å². The number of nitrogens with zero attached hydrogens (tertiary/aromatic N) is 2. The second kappa shape index (κ2) is 4.40. The second-order valence-corrected chi connectivity index (χ2v) is 3.85. The Kier molecular flexibility index (Phi) is 2.97. The number of pyridine rings is 1. The smallest absolute Gasteiger partial charge is 0.227 e. The molecule has 0 aromatic carbocycles. The minimum absolute atomic E-state index is 0.174. The van der Waals surface area contributed by atoms with Crippen LogP contribution in [0.2, 0.25) is 0 Å². The lowest BCUT2D eigenvalue weighted by Crippen LogP contribution is -2.57. The van der Waals surface area contributed by atoms with E-state index in [0.717, 1.165) is 18.7 Å². The molecule has 1 fully saturated rings. The van der Waals surface area contributed by atoms with E-state index in [1.54, 1.807) is 12.4 Å². The number of hydrogen-bond acceptors (Lipinski definition) is 3. The van der Waals surface area contributed by atoms with Crippen LogP contribution in [0, 0.1) is 0 Å². The highest BCUT2D eigenvalue weighted by Crippen LogP contribution is 2.06. The summed E-state index contributed by atoms with van der Waals surface area (Å²) in [4.78, 5) is 17.6. The van der Waals surface area contributed by atoms with E-state index in [-0.39, 0.29) is 5.91 Å². The van der Waals surface area contributed by atoms with Gasteiger partial charge in [-0.15, -0.1) is 0 Å². The van der Waals surface area contributed by atoms with Gasteiger partial charge >= 0.3 is 0 Å². The van der Waals surface area contributed by atoms with Crippen LogP contribution < -0.4 is 5.32 Å². The molecule has 2 rings (SSSR count). The zero-order chi connectivity index (χ0) is 10.7. The normalized spacial score (nSPS) is 15.8. The van der Waals surface area contributed by atoms with Gasteiger partial charge in [-0.2, -0.15) is 0 Å². The van der Waals surface area contributed by atoms with E-state index in [0.29, 0.717) is 12.5 Å². The predicted octanol–water partition coefficient (Wildman–Crippen LogP) is 0.0543. The molecule has 0 radical (unpaired) electrons. The first-order chi connectivity index (χ1) is 7.27. The van der Waals surface area contributed by atoms with Crippen molar-refractivity contribution in [2.45, 2.75) is 12.5 Å². The molecule has 15 heavy (non-hydrogen) atoms. The molecular weight excluding hydrogens is 190 g/mol. The standard InChI is InChI=1S/C11H15N3O/c1-14(10-7-13-8-10)11(15)6-9-2-4-12-5-3-9/h2-5,10,13H,6-8H2,1H3. The van der Waals surface area contributed by atoms with Gasteiger partial charge < -0.3 is 10.2 Å². The summed E-state index contributed by atoms with van der Waals surface area (Å²) < 4.78 is 0. The van der Waals surface area contributed by atoms with Crippen LogP contribution in [0.15, 0.2) is 24.5 Å². The van der Waals surface area contributed by atoms with Crippen molar-refractivity contribution >= 4 is 5.91 Å². The maximum absolute atomic E-state index is 11.8. The van der Waals surface area contributed by atoms with Gasteiger partial charge in [0.05, 0.1) is 12.5 Å². The summed E-state index contributed by atoms with van der Waals surface area (Å²) in [6.45, 7) is 1.83. The number of nitrogens with one attached hydrogen (secondary N) is 1. The topological polar surface area (TPSA) is 45.2 Å². The van der Waals surface area contributed by atoms with Crippen LogP contribution in [-0.2, 0) is 11.2 Å². The number of likely N-dealkylation sites (N-methyl/N-ethyl adjacent to an activating group) is 1. The quantitative estimate of drug-likeness (QED) is 0.758. The largest absolute Gasteiger partial charge is 0.340 e. The van der Waals surface area contributed by atoms with Crippen LogP contribution in [0.4, 0.5) is 0 Å². The summed E-state index contributed by atoms with van der Waals surface area (Å²) in [7, 11) is 1.87. The molecule has 0 aliphatic carbocycles. The number of rotatable bonds is 3. The van der Waals surface area contributed by atoms with Gasteiger partial charge in [-0.05, 0) is 17.7 Å². The molecule has 1 aromatic heterocycles. The molecule has 0 spiro atoms. The molecule has 1 N–H and O–H groups in total. The number of carbonyl (C=O) groups is 1. The lowest BCUT2D eigenvalue weighted by Gasteiger charge is -2.35. The van der Waals surface area contributed by atoms with Crippen LogP contribution in [0.5, 0.6) is 0 Å². The average Bonchev–Trinajstić information content (AvgIpc) is 2.16. The van der Waals surface area contributed by atoms with Crippen molar-refractivity contribution in [2.75, 3.05) is 20.1 Å². The Balaban J connectivity index is 1.91. The number of carbonyl (C=O) groups excluding carboxylic acids is 1. The highest BCUT2D eigenvalue weighted by molar-refractivity contribution is 5.78. The van der Waals surface area contributed by atoms with Gasteiger partial charge in [0, 0.05) is 32.5 Å². The van der Waals surface area contributed by atoms with Gasteiger partial charge in [-0.3, -0.25) is 9.78 Å². The summed E-state index contributed by atoms with van der Waals surface area (Å²) in [5.74, 6) is 0.174. The molecular formula is C11H15N3O. The van der Waals surface area contributed by atoms with E-state index in [9.17, 15) is 4.79 Å². The van der Waals surface area contributed by atoms with Gasteiger partial charge in [0.15, 0.2) is 0 Å². The third-order valence-corrected chi connectivity index (χ3v) is 2.81. The second-order valence-electron chi connectivity index (χ2n) is 3.85. The van der Waals surface area contributed by atoms with Crippen LogP contribution in [-0.4, -0.2) is 42.0 Å². The molecule has 1 amide bonds. The van der Waals surface area contributed by atoms with Crippen LogP contribution in [0.1, 0.15) is 5.56 Å². The van der Waals surface area contributed by atoms with Gasteiger partial charge in [-0.1, -0.05) is 0 Å². The molecule has 0 atom stereocenters. The van der Waals surface area contributed by atoms with Crippen molar-refractivity contribution in [2.24, 2.45) is 0 Å². The van der Waals surface area contributed by atoms with Crippen molar-refractivity contribution in [1.29, 1.82) is 0 Å². The molecule has 1 aliphatic rings. The number of aromatic nitrogens is 1. The summed E-state index contributed by atoms with van der Waals surface area (Å²) in [6.07, 6.45) is 3.90. The van der Waals surface area contributed by atoms with E-state index in [4.69, 9.17) is 0 Å². The Morgan fingerprint density at radius 3 is 2.73 bits per heavy atom. The fourth-order valence-electron chi connectivity index (χ4n) is 1.55. The Labute approximate surface area is 89.3 Å². The summed E-state index contributed by atoms with van der Waals surface area (Å²) in [6, 6.07) is 4.13. The maximum atomic E-state index is 11.8. The lowest BCUT2D eigenvalue weighted by molar-refractivity contribution is -0.132. The zero-order valence-corrected chi connectivity index (χ0v) is 8.81. The molecule has 2 heterocycles. The van der Waals surface area contributed by atoms with Gasteiger partial charge in [0.25, 0.3) is 0 Å². The van der Waals surface area contributed by atoms with E-state index in [1.165, 1.54) is 0 Å². The fourth-order valence-corrected chi connectivity index (χ4v) is 1.55. The first-order valence-corrected chi connectivity index (χ1v) is 5.12. The summed E-state index contributed by atoms with van der Waals surface area (Å²) in [5, 5.41) is 3.16. The van der Waals surface area contributed by atoms with E-state index < -0.39 is 0 Å². The maximum Gasteiger partial charge on any atom is 0.227 e. The van der Waals surface area contributed by atoms with Crippen molar-refractivity contribution in [3.63, 3.8) is 0 Å². The predicted molar refractivity (Wildman–Crippen MR) is 57.4 cm³/mol. The Morgan fingerprint density at radius 2 is 2.20 bits per heavy atom. The van der Waals surface area contributed by atoms with Gasteiger partial charge in [0.2, 0.25) is 5.91 Å². The number of amides is 1. The van der Waals surface area contributed by atoms with Crippen molar-refractivity contribution in [1.82, 2.24) is 15.2 Å². The molecule has 0 saturated carbocycles. The van der Waals surface area contributed by atoms with Crippen LogP contribution in [0.25, 0.3) is 0 Å². The summed E-state index contributed by atoms with van der Waals surface area (Å²) >= 11 is 0. The molecule has 1 aromatic rings. The van der Waals surface area contributed by atoms with Crippen molar-refractivity contribution in [3.05, 3.63) is 30.1 Å². The lowest BCUT2D eigenvalue weighted by atomic mass is 10.1. The monoisotopic (exact) mass is 205 g/mol. The minimum atomic E-state index is 0.174. The van der Waals surface area contributed by atoms with Crippen molar-refractivity contribution in [3.8, 4) is 0 Å². The first kappa shape index (κ1) is 10.1. The van der Waals surface area contributed by atoms with Crippen LogP contribution in [0.3, 0.4) is 0 Å². The van der Waals surface area contributed by atoms with E-state index in [1.807, 2.05) is 24.1 Å². The molecule has 0 bridgehead atoms. The van der Waals surface area contributed by atoms with E-state index >= 15 is 0 Å². The average molecular weight is 205 g/mol. The highest BCUT2D eigenvalue weighted by Gasteiger charge is 2.24. The number of hydrogen-bond donors (Lipinski definition) is 1. The molecule has 4 nitrogen and oxygen atoms in total. The first-order valence-electron chi connectivity index (χ1n) is 5.12. The fraction of sp³-hybridized carbons (Fsp3) is 0.455. The molecule has 0 unspecified atom stereocenters. The minimum Gasteiger partial charge on any atom is -0.340 e. The molecule has 1 saturated heterocycles. The Hall–Kier alpha value is -1.42. The third-order valence-electron chi connectivity index (χ3n) is 2.81. The zero-order valence-electron chi connectivity index (χ0n) is 8.81. The summed E-state index contributed by atoms with van der Waals surface area (Å²) in [5.41, 5.74) is 1.02. The Bertz CT molecular complexity index is 335. The molecule has 1 aliphatic heterocycles. The third kappa shape index (κ3) is 2.33. The van der Waals surface area contributed by atoms with Gasteiger partial charge in [0.1, 0.15) is 0 Å². The van der Waals surface area contributed by atoms with Gasteiger partial charge in [-0.25, -0.2) is 0 Å². The molecule has 80 valence electrons. The highest BCUT2D eigenvalue weighted by atomic mass is 16.2. The Morgan fingerprint density at radius 1 is 1.53 bits per heavy atom. The molecule has 4 heteroatoms. The SMILES string of the molecule is CN(C(=O)Cc1ccncc1)C1CNC1.